The van der Waals surface area contributed by atoms with Crippen LogP contribution in [0.2, 0.25) is 0 Å². The van der Waals surface area contributed by atoms with Crippen molar-refractivity contribution in [1.82, 2.24) is 0 Å². The van der Waals surface area contributed by atoms with Gasteiger partial charge in [0.05, 0.1) is 16.7 Å². The number of hydrogen-bond acceptors (Lipinski definition) is 1. The van der Waals surface area contributed by atoms with Crippen molar-refractivity contribution in [3.05, 3.63) is 88.0 Å². The van der Waals surface area contributed by atoms with Gasteiger partial charge in [-0.25, -0.2) is 0 Å². The third-order valence-corrected chi connectivity index (χ3v) is 6.40. The second-order valence-electron chi connectivity index (χ2n) is 10.0. The Balaban J connectivity index is 2.72. The van der Waals surface area contributed by atoms with Crippen molar-refractivity contribution in [3.63, 3.8) is 0 Å². The summed E-state index contributed by atoms with van der Waals surface area (Å²) < 4.78 is 174. The van der Waals surface area contributed by atoms with Gasteiger partial charge in [-0.15, -0.1) is 0 Å². The van der Waals surface area contributed by atoms with E-state index < -0.39 is 75.8 Å². The molecular formula is C27H22BF12O-. The van der Waals surface area contributed by atoms with Crippen LogP contribution in [0.25, 0.3) is 0 Å². The number of rotatable bonds is 5. The van der Waals surface area contributed by atoms with Gasteiger partial charge in [0.1, 0.15) is 0 Å². The van der Waals surface area contributed by atoms with Crippen molar-refractivity contribution in [2.45, 2.75) is 58.5 Å². The van der Waals surface area contributed by atoms with Gasteiger partial charge < -0.3 is 4.65 Å². The molecule has 3 aromatic carbocycles. The van der Waals surface area contributed by atoms with Crippen LogP contribution >= 0.6 is 0 Å². The van der Waals surface area contributed by atoms with Gasteiger partial charge in [0.15, 0.2) is 6.35 Å². The number of alkyl halides is 12. The zero-order chi connectivity index (χ0) is 31.3. The molecule has 14 heteroatoms. The summed E-state index contributed by atoms with van der Waals surface area (Å²) in [5.41, 5.74) is -9.32. The first-order chi connectivity index (χ1) is 18.5. The van der Waals surface area contributed by atoms with E-state index in [2.05, 4.69) is 0 Å². The molecule has 0 aliphatic heterocycles. The summed E-state index contributed by atoms with van der Waals surface area (Å²) >= 11 is 0. The second kappa shape index (κ2) is 10.6. The summed E-state index contributed by atoms with van der Waals surface area (Å²) in [7, 11) is 0. The van der Waals surface area contributed by atoms with E-state index in [4.69, 9.17) is 4.65 Å². The first kappa shape index (κ1) is 32.4. The molecule has 0 aliphatic carbocycles. The van der Waals surface area contributed by atoms with E-state index >= 15 is 0 Å². The van der Waals surface area contributed by atoms with Gasteiger partial charge in [-0.05, 0) is 39.8 Å². The van der Waals surface area contributed by atoms with Crippen LogP contribution in [0.4, 0.5) is 52.7 Å². The highest BCUT2D eigenvalue weighted by Gasteiger charge is 2.45. The van der Waals surface area contributed by atoms with E-state index in [1.54, 1.807) is 0 Å². The van der Waals surface area contributed by atoms with Crippen LogP contribution in [0, 0.1) is 13.8 Å². The van der Waals surface area contributed by atoms with Crippen molar-refractivity contribution in [2.75, 3.05) is 0 Å². The fourth-order valence-electron chi connectivity index (χ4n) is 4.89. The lowest BCUT2D eigenvalue weighted by molar-refractivity contribution is -0.143. The van der Waals surface area contributed by atoms with E-state index in [9.17, 15) is 52.7 Å². The molecule has 0 heterocycles. The molecule has 0 saturated heterocycles. The highest BCUT2D eigenvalue weighted by molar-refractivity contribution is 7.07. The lowest BCUT2D eigenvalue weighted by Gasteiger charge is -2.47. The van der Waals surface area contributed by atoms with Crippen molar-refractivity contribution in [3.8, 4) is 0 Å². The van der Waals surface area contributed by atoms with Gasteiger partial charge in [-0.2, -0.15) is 69.1 Å². The van der Waals surface area contributed by atoms with E-state index in [0.717, 1.165) is 25.1 Å². The average Bonchev–Trinajstić information content (AvgIpc) is 2.79. The minimum Gasteiger partial charge on any atom is -0.577 e. The van der Waals surface area contributed by atoms with Crippen LogP contribution in [0.3, 0.4) is 0 Å². The quantitative estimate of drug-likeness (QED) is 0.215. The number of benzene rings is 3. The predicted molar refractivity (Wildman–Crippen MR) is 130 cm³/mol. The SMILES string of the molecule is Cc1cc([B-](OC(C)C)(c2cc(C(F)(F)F)cc(C(F)(F)F)c2)c2cc(C)ccc2C(F)(F)F)cc(C(F)(F)F)c1. The zero-order valence-corrected chi connectivity index (χ0v) is 21.8. The molecule has 0 amide bonds. The first-order valence-electron chi connectivity index (χ1n) is 12.0. The van der Waals surface area contributed by atoms with Gasteiger partial charge >= 0.3 is 24.7 Å². The Kier molecular flexibility index (Phi) is 8.36. The summed E-state index contributed by atoms with van der Waals surface area (Å²) in [6.07, 6.45) is -26.3. The van der Waals surface area contributed by atoms with E-state index in [1.807, 2.05) is 0 Å². The number of halogens is 12. The average molecular weight is 601 g/mol. The molecule has 224 valence electrons. The molecule has 0 aliphatic rings. The molecule has 0 saturated carbocycles. The Morgan fingerprint density at radius 3 is 1.39 bits per heavy atom. The lowest BCUT2D eigenvalue weighted by atomic mass is 9.27. The topological polar surface area (TPSA) is 9.23 Å². The van der Waals surface area contributed by atoms with Gasteiger partial charge in [-0.1, -0.05) is 53.6 Å². The summed E-state index contributed by atoms with van der Waals surface area (Å²) in [4.78, 5) is 0. The molecular weight excluding hydrogens is 579 g/mol. The largest absolute Gasteiger partial charge is 0.577 e. The molecule has 1 unspecified atom stereocenters. The molecule has 1 nitrogen and oxygen atoms in total. The minimum atomic E-state index is -5.40. The molecule has 0 fully saturated rings. The number of aryl methyl sites for hydroxylation is 2. The second-order valence-corrected chi connectivity index (χ2v) is 10.0. The molecule has 3 rings (SSSR count). The third-order valence-electron chi connectivity index (χ3n) is 6.40. The Morgan fingerprint density at radius 2 is 0.976 bits per heavy atom. The molecule has 0 spiro atoms. The minimum absolute atomic E-state index is 0.0957. The van der Waals surface area contributed by atoms with Crippen LogP contribution in [0.5, 0.6) is 0 Å². The maximum absolute atomic E-state index is 14.4. The predicted octanol–water partition coefficient (Wildman–Crippen LogP) is 7.77. The van der Waals surface area contributed by atoms with Crippen molar-refractivity contribution < 1.29 is 57.3 Å². The molecule has 0 N–H and O–H groups in total. The zero-order valence-electron chi connectivity index (χ0n) is 21.8. The van der Waals surface area contributed by atoms with Crippen LogP contribution in [0.1, 0.15) is 47.2 Å². The first-order valence-corrected chi connectivity index (χ1v) is 12.0. The van der Waals surface area contributed by atoms with E-state index in [-0.39, 0.29) is 29.3 Å². The molecule has 0 bridgehead atoms. The van der Waals surface area contributed by atoms with Gasteiger partial charge in [0.25, 0.3) is 0 Å². The highest BCUT2D eigenvalue weighted by Crippen LogP contribution is 2.37. The van der Waals surface area contributed by atoms with Crippen LogP contribution in [0.15, 0.2) is 54.6 Å². The van der Waals surface area contributed by atoms with E-state index in [0.29, 0.717) is 18.2 Å². The standard InChI is InChI=1S/C27H22BF12O/c1-14(2)41-28(20-8-16(4)7-17(11-20)24(29,30)31,23-9-15(3)5-6-22(23)27(38,39)40)21-12-18(25(32,33)34)10-19(13-21)26(35,36)37/h5-14H,1-4H3/q-1. The fraction of sp³-hybridized carbons (Fsp3) is 0.333. The summed E-state index contributed by atoms with van der Waals surface area (Å²) in [6.45, 7) is 4.96. The third kappa shape index (κ3) is 6.84. The molecule has 41 heavy (non-hydrogen) atoms. The van der Waals surface area contributed by atoms with Crippen molar-refractivity contribution in [1.29, 1.82) is 0 Å². The Labute approximate surface area is 227 Å². The lowest BCUT2D eigenvalue weighted by Crippen LogP contribution is -2.71. The van der Waals surface area contributed by atoms with Crippen LogP contribution in [-0.4, -0.2) is 12.5 Å². The van der Waals surface area contributed by atoms with Gasteiger partial charge in [0, 0.05) is 11.7 Å². The molecule has 3 aromatic rings. The molecule has 0 radical (unpaired) electrons. The van der Waals surface area contributed by atoms with Crippen molar-refractivity contribution >= 4 is 22.7 Å². The maximum atomic E-state index is 14.4. The maximum Gasteiger partial charge on any atom is 0.416 e. The summed E-state index contributed by atoms with van der Waals surface area (Å²) in [5, 5.41) is 0. The Bertz CT molecular complexity index is 1390. The van der Waals surface area contributed by atoms with Gasteiger partial charge in [-0.3, -0.25) is 0 Å². The van der Waals surface area contributed by atoms with E-state index in [1.165, 1.54) is 20.8 Å². The normalized spacial score (nSPS) is 14.9. The molecule has 1 atom stereocenters. The summed E-state index contributed by atoms with van der Waals surface area (Å²) in [6, 6.07) is 4.58. The smallest absolute Gasteiger partial charge is 0.416 e. The fourth-order valence-corrected chi connectivity index (χ4v) is 4.89. The van der Waals surface area contributed by atoms with Crippen molar-refractivity contribution in [2.24, 2.45) is 0 Å². The van der Waals surface area contributed by atoms with Crippen LogP contribution < -0.4 is 16.4 Å². The Morgan fingerprint density at radius 1 is 0.537 bits per heavy atom. The van der Waals surface area contributed by atoms with Crippen LogP contribution in [-0.2, 0) is 29.4 Å². The Hall–Kier alpha value is -3.16. The highest BCUT2D eigenvalue weighted by atomic mass is 19.4. The van der Waals surface area contributed by atoms with Gasteiger partial charge in [0.2, 0.25) is 0 Å². The molecule has 0 aromatic heterocycles. The summed E-state index contributed by atoms with van der Waals surface area (Å²) in [5.74, 6) is 0. The number of hydrogen-bond donors (Lipinski definition) is 0. The monoisotopic (exact) mass is 601 g/mol.